The Morgan fingerprint density at radius 3 is 2.62 bits per heavy atom. The standard InChI is InChI=1S/C22H25NO3/c1-13-7-6-10-19(13)26-22(25)21-14(2)20-17(23-21)11-16(12-18(20)24)15-8-4-3-5-9-15/h3-5,8-9,13,16,19,23H,6-7,10-12H2,1-2H3/t13-,16-,19-/m0/s1. The Balaban J connectivity index is 1.59. The van der Waals surface area contributed by atoms with Crippen molar-refractivity contribution in [2.45, 2.75) is 58.0 Å². The number of hydrogen-bond acceptors (Lipinski definition) is 3. The van der Waals surface area contributed by atoms with Gasteiger partial charge in [-0.25, -0.2) is 4.79 Å². The summed E-state index contributed by atoms with van der Waals surface area (Å²) in [6.45, 7) is 3.98. The average Bonchev–Trinajstić information content (AvgIpc) is 3.19. The number of ketones is 1. The molecule has 26 heavy (non-hydrogen) atoms. The third-order valence-corrected chi connectivity index (χ3v) is 6.01. The van der Waals surface area contributed by atoms with E-state index in [9.17, 15) is 9.59 Å². The van der Waals surface area contributed by atoms with E-state index in [1.165, 1.54) is 5.56 Å². The minimum absolute atomic E-state index is 0.00463. The van der Waals surface area contributed by atoms with Crippen molar-refractivity contribution in [3.8, 4) is 0 Å². The lowest BCUT2D eigenvalue weighted by Gasteiger charge is -2.22. The molecule has 2 aromatic rings. The quantitative estimate of drug-likeness (QED) is 0.823. The Bertz CT molecular complexity index is 837. The largest absolute Gasteiger partial charge is 0.457 e. The summed E-state index contributed by atoms with van der Waals surface area (Å²) in [6.07, 6.45) is 4.38. The van der Waals surface area contributed by atoms with Crippen molar-refractivity contribution >= 4 is 11.8 Å². The van der Waals surface area contributed by atoms with Crippen molar-refractivity contribution in [3.05, 3.63) is 58.4 Å². The second kappa shape index (κ2) is 6.75. The van der Waals surface area contributed by atoms with Crippen LogP contribution in [0.5, 0.6) is 0 Å². The van der Waals surface area contributed by atoms with Crippen LogP contribution in [0.15, 0.2) is 30.3 Å². The van der Waals surface area contributed by atoms with E-state index in [1.54, 1.807) is 0 Å². The van der Waals surface area contributed by atoms with Gasteiger partial charge in [0.15, 0.2) is 5.78 Å². The van der Waals surface area contributed by atoms with Gasteiger partial charge in [-0.2, -0.15) is 0 Å². The number of rotatable bonds is 3. The number of aromatic nitrogens is 1. The molecule has 1 aromatic carbocycles. The Morgan fingerprint density at radius 1 is 1.15 bits per heavy atom. The first-order valence-electron chi connectivity index (χ1n) is 9.55. The number of benzene rings is 1. The summed E-state index contributed by atoms with van der Waals surface area (Å²) in [7, 11) is 0. The summed E-state index contributed by atoms with van der Waals surface area (Å²) in [5.74, 6) is 0.364. The number of Topliss-reactive ketones (excluding diaryl/α,β-unsaturated/α-hetero) is 1. The molecule has 2 aliphatic carbocycles. The first-order chi connectivity index (χ1) is 12.5. The molecular weight excluding hydrogens is 326 g/mol. The van der Waals surface area contributed by atoms with E-state index in [1.807, 2.05) is 25.1 Å². The van der Waals surface area contributed by atoms with Crippen LogP contribution in [0.1, 0.15) is 76.2 Å². The smallest absolute Gasteiger partial charge is 0.355 e. The van der Waals surface area contributed by atoms with Crippen molar-refractivity contribution < 1.29 is 14.3 Å². The van der Waals surface area contributed by atoms with Crippen molar-refractivity contribution in [2.24, 2.45) is 5.92 Å². The van der Waals surface area contributed by atoms with Gasteiger partial charge in [0.2, 0.25) is 0 Å². The summed E-state index contributed by atoms with van der Waals surface area (Å²) in [4.78, 5) is 28.7. The topological polar surface area (TPSA) is 59.2 Å². The van der Waals surface area contributed by atoms with Crippen LogP contribution in [0.25, 0.3) is 0 Å². The molecule has 3 atom stereocenters. The molecule has 0 bridgehead atoms. The van der Waals surface area contributed by atoms with Gasteiger partial charge in [0.05, 0.1) is 0 Å². The fraction of sp³-hybridized carbons (Fsp3) is 0.455. The second-order valence-corrected chi connectivity index (χ2v) is 7.77. The van der Waals surface area contributed by atoms with E-state index in [0.717, 1.165) is 36.9 Å². The lowest BCUT2D eigenvalue weighted by Crippen LogP contribution is -2.21. The monoisotopic (exact) mass is 351 g/mol. The molecule has 1 saturated carbocycles. The molecule has 0 spiro atoms. The molecule has 1 fully saturated rings. The van der Waals surface area contributed by atoms with Crippen LogP contribution in [0.4, 0.5) is 0 Å². The molecule has 0 unspecified atom stereocenters. The van der Waals surface area contributed by atoms with E-state index in [0.29, 0.717) is 23.6 Å². The highest BCUT2D eigenvalue weighted by Gasteiger charge is 2.34. The van der Waals surface area contributed by atoms with Gasteiger partial charge in [0.25, 0.3) is 0 Å². The molecule has 0 aliphatic heterocycles. The number of esters is 1. The number of carbonyl (C=O) groups excluding carboxylic acids is 2. The number of carbonyl (C=O) groups is 2. The molecular formula is C22H25NO3. The maximum atomic E-state index is 12.8. The molecule has 136 valence electrons. The Kier molecular flexibility index (Phi) is 4.43. The Hall–Kier alpha value is -2.36. The number of nitrogens with one attached hydrogen (secondary N) is 1. The zero-order chi connectivity index (χ0) is 18.3. The number of hydrogen-bond donors (Lipinski definition) is 1. The SMILES string of the molecule is Cc1c(C(=O)O[C@H]2CCC[C@@H]2C)[nH]c2c1C(=O)C[C@@H](c1ccccc1)C2. The lowest BCUT2D eigenvalue weighted by molar-refractivity contribution is 0.0219. The van der Waals surface area contributed by atoms with Gasteiger partial charge in [0.1, 0.15) is 11.8 Å². The predicted molar refractivity (Wildman–Crippen MR) is 99.6 cm³/mol. The van der Waals surface area contributed by atoms with Gasteiger partial charge in [-0.15, -0.1) is 0 Å². The number of ether oxygens (including phenoxy) is 1. The molecule has 0 saturated heterocycles. The van der Waals surface area contributed by atoms with E-state index in [2.05, 4.69) is 24.0 Å². The molecule has 4 heteroatoms. The summed E-state index contributed by atoms with van der Waals surface area (Å²) in [5.41, 5.74) is 3.94. The van der Waals surface area contributed by atoms with Gasteiger partial charge in [-0.3, -0.25) is 4.79 Å². The molecule has 4 rings (SSSR count). The highest BCUT2D eigenvalue weighted by Crippen LogP contribution is 2.35. The first-order valence-corrected chi connectivity index (χ1v) is 9.55. The van der Waals surface area contributed by atoms with E-state index < -0.39 is 0 Å². The van der Waals surface area contributed by atoms with Crippen LogP contribution < -0.4 is 0 Å². The van der Waals surface area contributed by atoms with Gasteiger partial charge in [-0.05, 0) is 55.6 Å². The maximum Gasteiger partial charge on any atom is 0.355 e. The summed E-state index contributed by atoms with van der Waals surface area (Å²) >= 11 is 0. The zero-order valence-corrected chi connectivity index (χ0v) is 15.4. The summed E-state index contributed by atoms with van der Waals surface area (Å²) in [5, 5.41) is 0. The molecule has 0 radical (unpaired) electrons. The first kappa shape index (κ1) is 17.1. The zero-order valence-electron chi connectivity index (χ0n) is 15.4. The average molecular weight is 351 g/mol. The van der Waals surface area contributed by atoms with E-state index in [-0.39, 0.29) is 23.8 Å². The Labute approximate surface area is 154 Å². The van der Waals surface area contributed by atoms with Gasteiger partial charge in [-0.1, -0.05) is 37.3 Å². The van der Waals surface area contributed by atoms with E-state index >= 15 is 0 Å². The van der Waals surface area contributed by atoms with Crippen molar-refractivity contribution in [1.29, 1.82) is 0 Å². The van der Waals surface area contributed by atoms with Crippen molar-refractivity contribution in [1.82, 2.24) is 4.98 Å². The van der Waals surface area contributed by atoms with Crippen molar-refractivity contribution in [3.63, 3.8) is 0 Å². The fourth-order valence-corrected chi connectivity index (χ4v) is 4.48. The van der Waals surface area contributed by atoms with Gasteiger partial charge >= 0.3 is 5.97 Å². The third-order valence-electron chi connectivity index (χ3n) is 6.01. The lowest BCUT2D eigenvalue weighted by atomic mass is 9.81. The molecule has 0 amide bonds. The number of fused-ring (bicyclic) bond motifs is 1. The van der Waals surface area contributed by atoms with Crippen LogP contribution in [0.2, 0.25) is 0 Å². The highest BCUT2D eigenvalue weighted by atomic mass is 16.5. The minimum atomic E-state index is -0.320. The van der Waals surface area contributed by atoms with Gasteiger partial charge in [0, 0.05) is 17.7 Å². The normalized spacial score (nSPS) is 25.2. The summed E-state index contributed by atoms with van der Waals surface area (Å²) in [6, 6.07) is 10.1. The molecule has 1 aromatic heterocycles. The van der Waals surface area contributed by atoms with E-state index in [4.69, 9.17) is 4.74 Å². The Morgan fingerprint density at radius 2 is 1.92 bits per heavy atom. The second-order valence-electron chi connectivity index (χ2n) is 7.77. The highest BCUT2D eigenvalue weighted by molar-refractivity contribution is 6.03. The van der Waals surface area contributed by atoms with Crippen LogP contribution >= 0.6 is 0 Å². The molecule has 2 aliphatic rings. The maximum absolute atomic E-state index is 12.8. The van der Waals surface area contributed by atoms with Crippen LogP contribution in [-0.4, -0.2) is 22.8 Å². The van der Waals surface area contributed by atoms with Crippen LogP contribution in [0.3, 0.4) is 0 Å². The molecule has 1 N–H and O–H groups in total. The minimum Gasteiger partial charge on any atom is -0.457 e. The molecule has 1 heterocycles. The van der Waals surface area contributed by atoms with Gasteiger partial charge < -0.3 is 9.72 Å². The summed E-state index contributed by atoms with van der Waals surface area (Å²) < 4.78 is 5.73. The number of H-pyrrole nitrogens is 1. The van der Waals surface area contributed by atoms with Crippen molar-refractivity contribution in [2.75, 3.05) is 0 Å². The predicted octanol–water partition coefficient (Wildman–Crippen LogP) is 4.58. The van der Waals surface area contributed by atoms with Crippen LogP contribution in [0, 0.1) is 12.8 Å². The molecule has 4 nitrogen and oxygen atoms in total. The van der Waals surface area contributed by atoms with Crippen LogP contribution in [-0.2, 0) is 11.2 Å². The third kappa shape index (κ3) is 2.98. The fourth-order valence-electron chi connectivity index (χ4n) is 4.48. The number of aromatic amines is 1.